The van der Waals surface area contributed by atoms with Crippen LogP contribution in [0.25, 0.3) is 0 Å². The first-order chi connectivity index (χ1) is 13.0. The maximum absolute atomic E-state index is 12.8. The van der Waals surface area contributed by atoms with Crippen molar-refractivity contribution >= 4 is 29.3 Å². The van der Waals surface area contributed by atoms with Crippen LogP contribution >= 0.6 is 11.8 Å². The highest BCUT2D eigenvalue weighted by molar-refractivity contribution is 8.01. The van der Waals surface area contributed by atoms with Gasteiger partial charge in [-0.2, -0.15) is 0 Å². The third kappa shape index (κ3) is 8.75. The monoisotopic (exact) mass is 396 g/mol. The highest BCUT2D eigenvalue weighted by atomic mass is 32.2. The van der Waals surface area contributed by atoms with E-state index in [1.165, 1.54) is 55.3 Å². The zero-order valence-electron chi connectivity index (χ0n) is 15.8. The molecular weight excluding hydrogens is 367 g/mol. The van der Waals surface area contributed by atoms with E-state index in [-0.39, 0.29) is 28.6 Å². The lowest BCUT2D eigenvalue weighted by Crippen LogP contribution is -2.33. The summed E-state index contributed by atoms with van der Waals surface area (Å²) in [6.07, 6.45) is 7.32. The zero-order valence-corrected chi connectivity index (χ0v) is 16.7. The number of hydrogen-bond acceptors (Lipinski definition) is 4. The van der Waals surface area contributed by atoms with E-state index in [0.717, 1.165) is 19.3 Å². The SMILES string of the molecule is CC(SCC(=O)Nc1ccc(F)cc1)C(=O)NCCCOC1CCCCC1. The second kappa shape index (κ2) is 12.0. The van der Waals surface area contributed by atoms with Gasteiger partial charge in [0.05, 0.1) is 17.1 Å². The van der Waals surface area contributed by atoms with Gasteiger partial charge >= 0.3 is 0 Å². The fraction of sp³-hybridized carbons (Fsp3) is 0.600. The lowest BCUT2D eigenvalue weighted by atomic mass is 9.98. The average Bonchev–Trinajstić information content (AvgIpc) is 2.68. The largest absolute Gasteiger partial charge is 0.378 e. The van der Waals surface area contributed by atoms with Crippen LogP contribution in [0.3, 0.4) is 0 Å². The first-order valence-corrected chi connectivity index (χ1v) is 10.7. The molecule has 1 atom stereocenters. The molecule has 0 bridgehead atoms. The minimum Gasteiger partial charge on any atom is -0.378 e. The fourth-order valence-corrected chi connectivity index (χ4v) is 3.62. The van der Waals surface area contributed by atoms with Crippen LogP contribution in [0.2, 0.25) is 0 Å². The summed E-state index contributed by atoms with van der Waals surface area (Å²) < 4.78 is 18.7. The molecule has 1 aromatic carbocycles. The molecule has 7 heteroatoms. The molecule has 2 N–H and O–H groups in total. The molecule has 0 radical (unpaired) electrons. The van der Waals surface area contributed by atoms with Crippen molar-refractivity contribution < 1.29 is 18.7 Å². The Morgan fingerprint density at radius 2 is 1.93 bits per heavy atom. The van der Waals surface area contributed by atoms with Gasteiger partial charge in [0.25, 0.3) is 0 Å². The predicted octanol–water partition coefficient (Wildman–Crippen LogP) is 3.74. The van der Waals surface area contributed by atoms with Crippen LogP contribution in [-0.2, 0) is 14.3 Å². The summed E-state index contributed by atoms with van der Waals surface area (Å²) in [6.45, 7) is 3.04. The number of ether oxygens (including phenoxy) is 1. The van der Waals surface area contributed by atoms with Gasteiger partial charge in [0.1, 0.15) is 5.82 Å². The number of benzene rings is 1. The molecule has 0 saturated heterocycles. The van der Waals surface area contributed by atoms with Crippen molar-refractivity contribution in [3.05, 3.63) is 30.1 Å². The normalized spacial score (nSPS) is 15.9. The number of anilines is 1. The van der Waals surface area contributed by atoms with Crippen LogP contribution in [-0.4, -0.2) is 42.1 Å². The Balaban J connectivity index is 1.53. The Morgan fingerprint density at radius 1 is 1.22 bits per heavy atom. The van der Waals surface area contributed by atoms with E-state index < -0.39 is 0 Å². The second-order valence-corrected chi connectivity index (χ2v) is 8.11. The predicted molar refractivity (Wildman–Crippen MR) is 107 cm³/mol. The standard InChI is InChI=1S/C20H29FN2O3S/c1-15(27-14-19(24)23-17-10-8-16(21)9-11-17)20(25)22-12-5-13-26-18-6-3-2-4-7-18/h8-11,15,18H,2-7,12-14H2,1H3,(H,22,25)(H,23,24). The maximum atomic E-state index is 12.8. The van der Waals surface area contributed by atoms with Crippen LogP contribution in [0.4, 0.5) is 10.1 Å². The lowest BCUT2D eigenvalue weighted by Gasteiger charge is -2.22. The van der Waals surface area contributed by atoms with Gasteiger partial charge in [-0.15, -0.1) is 11.8 Å². The Morgan fingerprint density at radius 3 is 2.63 bits per heavy atom. The first kappa shape index (κ1) is 21.7. The van der Waals surface area contributed by atoms with Crippen molar-refractivity contribution in [3.63, 3.8) is 0 Å². The fourth-order valence-electron chi connectivity index (χ4n) is 2.92. The number of amides is 2. The number of carbonyl (C=O) groups is 2. The summed E-state index contributed by atoms with van der Waals surface area (Å²) in [5.41, 5.74) is 0.539. The molecule has 0 aliphatic heterocycles. The van der Waals surface area contributed by atoms with Crippen LogP contribution in [0.15, 0.2) is 24.3 Å². The molecule has 0 spiro atoms. The minimum atomic E-state index is -0.350. The Bertz CT molecular complexity index is 591. The van der Waals surface area contributed by atoms with Gasteiger partial charge in [-0.3, -0.25) is 9.59 Å². The molecule has 1 fully saturated rings. The number of rotatable bonds is 10. The summed E-state index contributed by atoms with van der Waals surface area (Å²) in [5, 5.41) is 5.25. The summed E-state index contributed by atoms with van der Waals surface area (Å²) in [5.74, 6) is -0.479. The van der Waals surface area contributed by atoms with Gasteiger partial charge in [-0.25, -0.2) is 4.39 Å². The van der Waals surface area contributed by atoms with Gasteiger partial charge in [-0.05, 0) is 50.5 Å². The van der Waals surface area contributed by atoms with Crippen molar-refractivity contribution in [1.29, 1.82) is 0 Å². The summed E-state index contributed by atoms with van der Waals surface area (Å²) in [7, 11) is 0. The quantitative estimate of drug-likeness (QED) is 0.591. The molecular formula is C20H29FN2O3S. The topological polar surface area (TPSA) is 67.4 Å². The van der Waals surface area contributed by atoms with Crippen molar-refractivity contribution in [2.24, 2.45) is 0 Å². The maximum Gasteiger partial charge on any atom is 0.234 e. The van der Waals surface area contributed by atoms with E-state index >= 15 is 0 Å². The van der Waals surface area contributed by atoms with Crippen LogP contribution in [0.5, 0.6) is 0 Å². The molecule has 27 heavy (non-hydrogen) atoms. The molecule has 1 aliphatic rings. The van der Waals surface area contributed by atoms with E-state index in [9.17, 15) is 14.0 Å². The number of thioether (sulfide) groups is 1. The van der Waals surface area contributed by atoms with Crippen molar-refractivity contribution in [1.82, 2.24) is 5.32 Å². The number of halogens is 1. The molecule has 2 amide bonds. The molecule has 0 aromatic heterocycles. The third-order valence-corrected chi connectivity index (χ3v) is 5.63. The van der Waals surface area contributed by atoms with E-state index in [2.05, 4.69) is 10.6 Å². The average molecular weight is 397 g/mol. The smallest absolute Gasteiger partial charge is 0.234 e. The molecule has 1 aromatic rings. The van der Waals surface area contributed by atoms with E-state index in [1.807, 2.05) is 0 Å². The third-order valence-electron chi connectivity index (χ3n) is 4.49. The van der Waals surface area contributed by atoms with Crippen molar-refractivity contribution in [3.8, 4) is 0 Å². The van der Waals surface area contributed by atoms with Gasteiger partial charge in [0.15, 0.2) is 0 Å². The number of hydrogen-bond donors (Lipinski definition) is 2. The van der Waals surface area contributed by atoms with Gasteiger partial charge < -0.3 is 15.4 Å². The first-order valence-electron chi connectivity index (χ1n) is 9.61. The molecule has 1 saturated carbocycles. The molecule has 150 valence electrons. The number of carbonyl (C=O) groups excluding carboxylic acids is 2. The van der Waals surface area contributed by atoms with Gasteiger partial charge in [0, 0.05) is 18.8 Å². The summed E-state index contributed by atoms with van der Waals surface area (Å²) in [6, 6.07) is 5.58. The molecule has 0 heterocycles. The minimum absolute atomic E-state index is 0.0766. The van der Waals surface area contributed by atoms with Crippen molar-refractivity contribution in [2.45, 2.75) is 56.8 Å². The second-order valence-electron chi connectivity index (χ2n) is 6.78. The van der Waals surface area contributed by atoms with E-state index in [1.54, 1.807) is 6.92 Å². The van der Waals surface area contributed by atoms with Gasteiger partial charge in [0.2, 0.25) is 11.8 Å². The lowest BCUT2D eigenvalue weighted by molar-refractivity contribution is -0.120. The Kier molecular flexibility index (Phi) is 9.62. The Labute approximate surface area is 164 Å². The molecule has 2 rings (SSSR count). The summed E-state index contributed by atoms with van der Waals surface area (Å²) in [4.78, 5) is 24.0. The Hall–Kier alpha value is -1.60. The molecule has 1 aliphatic carbocycles. The number of nitrogens with one attached hydrogen (secondary N) is 2. The van der Waals surface area contributed by atoms with E-state index in [0.29, 0.717) is 24.9 Å². The van der Waals surface area contributed by atoms with Crippen LogP contribution in [0.1, 0.15) is 45.4 Å². The van der Waals surface area contributed by atoms with Gasteiger partial charge in [-0.1, -0.05) is 19.3 Å². The highest BCUT2D eigenvalue weighted by Crippen LogP contribution is 2.20. The highest BCUT2D eigenvalue weighted by Gasteiger charge is 2.16. The van der Waals surface area contributed by atoms with Crippen molar-refractivity contribution in [2.75, 3.05) is 24.2 Å². The zero-order chi connectivity index (χ0) is 19.5. The molecule has 1 unspecified atom stereocenters. The van der Waals surface area contributed by atoms with Crippen LogP contribution < -0.4 is 10.6 Å². The molecule has 5 nitrogen and oxygen atoms in total. The summed E-state index contributed by atoms with van der Waals surface area (Å²) >= 11 is 1.27. The van der Waals surface area contributed by atoms with E-state index in [4.69, 9.17) is 4.74 Å². The van der Waals surface area contributed by atoms with Crippen LogP contribution in [0, 0.1) is 5.82 Å².